The number of rotatable bonds is 15. The van der Waals surface area contributed by atoms with Crippen LogP contribution in [0.2, 0.25) is 0 Å². The molecular weight excluding hydrogens is 530 g/mol. The van der Waals surface area contributed by atoms with E-state index in [0.29, 0.717) is 31.2 Å². The topological polar surface area (TPSA) is 137 Å². The van der Waals surface area contributed by atoms with Crippen molar-refractivity contribution in [1.82, 2.24) is 5.32 Å². The van der Waals surface area contributed by atoms with E-state index in [0.717, 1.165) is 32.1 Å². The minimum atomic E-state index is -2.16. The van der Waals surface area contributed by atoms with Crippen molar-refractivity contribution in [3.8, 4) is 11.5 Å². The zero-order valence-corrected chi connectivity index (χ0v) is 25.3. The number of ether oxygens (including phenoxy) is 4. The number of carboxylic acid groups (broad SMARTS) is 1. The van der Waals surface area contributed by atoms with Gasteiger partial charge in [-0.15, -0.1) is 0 Å². The lowest BCUT2D eigenvalue weighted by Gasteiger charge is -2.33. The van der Waals surface area contributed by atoms with E-state index in [4.69, 9.17) is 18.9 Å². The highest BCUT2D eigenvalue weighted by atomic mass is 16.7. The third kappa shape index (κ3) is 10.6. The summed E-state index contributed by atoms with van der Waals surface area (Å²) in [6.45, 7) is 10.9. The molecule has 0 saturated heterocycles. The average Bonchev–Trinajstić information content (AvgIpc) is 2.90. The Labute approximate surface area is 243 Å². The second-order valence-electron chi connectivity index (χ2n) is 11.3. The van der Waals surface area contributed by atoms with Gasteiger partial charge in [-0.1, -0.05) is 53.0 Å². The fourth-order valence-electron chi connectivity index (χ4n) is 4.88. The molecule has 1 aliphatic rings. The van der Waals surface area contributed by atoms with Crippen molar-refractivity contribution in [3.05, 3.63) is 23.8 Å². The summed E-state index contributed by atoms with van der Waals surface area (Å²) in [6, 6.07) is 4.08. The molecule has 0 aromatic heterocycles. The second-order valence-corrected chi connectivity index (χ2v) is 11.3. The summed E-state index contributed by atoms with van der Waals surface area (Å²) >= 11 is 0. The van der Waals surface area contributed by atoms with Gasteiger partial charge in [-0.25, -0.2) is 9.59 Å². The Balaban J connectivity index is 2.40. The Morgan fingerprint density at radius 3 is 1.98 bits per heavy atom. The number of nitrogens with one attached hydrogen (secondary N) is 1. The third-order valence-electron chi connectivity index (χ3n) is 7.07. The van der Waals surface area contributed by atoms with Crippen LogP contribution in [-0.2, 0) is 30.3 Å². The maximum atomic E-state index is 12.8. The van der Waals surface area contributed by atoms with Gasteiger partial charge in [-0.3, -0.25) is 14.9 Å². The number of carbonyl (C=O) groups excluding carboxylic acids is 3. The monoisotopic (exact) mass is 577 g/mol. The second kappa shape index (κ2) is 16.3. The zero-order valence-electron chi connectivity index (χ0n) is 25.3. The van der Waals surface area contributed by atoms with E-state index >= 15 is 0 Å². The molecule has 41 heavy (non-hydrogen) atoms. The van der Waals surface area contributed by atoms with Gasteiger partial charge in [0.1, 0.15) is 6.10 Å². The predicted octanol–water partition coefficient (Wildman–Crippen LogP) is 6.18. The molecule has 2 rings (SSSR count). The summed E-state index contributed by atoms with van der Waals surface area (Å²) in [5.74, 6) is -3.10. The number of esters is 2. The number of hydrogen-bond donors (Lipinski definition) is 2. The Morgan fingerprint density at radius 2 is 1.46 bits per heavy atom. The molecule has 1 fully saturated rings. The standard InChI is InChI=1S/C31H47NO9/c1-7-12-21(5)27(33)39-25-17-16-23(18-26(25)40-28(34)22(6)13-8-2)19-31(29(35)36,32-20(3)4)41-30(37)38-24-14-10-9-11-15-24/h16-18,20-22,24,32H,7-15,19H2,1-6H3,(H,35,36)/t21?,22?,31-/m0/s1. The molecule has 2 N–H and O–H groups in total. The van der Waals surface area contributed by atoms with Gasteiger partial charge in [0.25, 0.3) is 5.72 Å². The number of carbonyl (C=O) groups is 4. The van der Waals surface area contributed by atoms with Crippen LogP contribution in [0.25, 0.3) is 0 Å². The average molecular weight is 578 g/mol. The molecule has 0 radical (unpaired) electrons. The van der Waals surface area contributed by atoms with Gasteiger partial charge in [-0.2, -0.15) is 0 Å². The maximum absolute atomic E-state index is 12.8. The van der Waals surface area contributed by atoms with Gasteiger partial charge < -0.3 is 24.1 Å². The van der Waals surface area contributed by atoms with Crippen LogP contribution in [0, 0.1) is 11.8 Å². The van der Waals surface area contributed by atoms with Crippen LogP contribution in [0.5, 0.6) is 11.5 Å². The molecule has 0 aliphatic heterocycles. The van der Waals surface area contributed by atoms with E-state index < -0.39 is 35.7 Å². The van der Waals surface area contributed by atoms with Crippen LogP contribution < -0.4 is 14.8 Å². The molecule has 0 bridgehead atoms. The van der Waals surface area contributed by atoms with E-state index in [1.165, 1.54) is 12.1 Å². The Morgan fingerprint density at radius 1 is 0.902 bits per heavy atom. The summed E-state index contributed by atoms with van der Waals surface area (Å²) in [6.07, 6.45) is 5.46. The van der Waals surface area contributed by atoms with Gasteiger partial charge in [0.2, 0.25) is 0 Å². The molecule has 1 saturated carbocycles. The maximum Gasteiger partial charge on any atom is 0.510 e. The largest absolute Gasteiger partial charge is 0.510 e. The molecule has 0 spiro atoms. The highest BCUT2D eigenvalue weighted by Crippen LogP contribution is 2.33. The number of carboxylic acids is 1. The van der Waals surface area contributed by atoms with E-state index in [2.05, 4.69) is 5.32 Å². The molecule has 1 aromatic carbocycles. The summed E-state index contributed by atoms with van der Waals surface area (Å²) in [4.78, 5) is 50.9. The molecule has 10 nitrogen and oxygen atoms in total. The van der Waals surface area contributed by atoms with Crippen LogP contribution in [0.15, 0.2) is 18.2 Å². The SMILES string of the molecule is CCCC(C)C(=O)Oc1ccc(C[C@](NC(C)C)(OC(=O)OC2CCCCC2)C(=O)O)cc1OC(=O)C(C)CCC. The minimum Gasteiger partial charge on any atom is -0.477 e. The first-order valence-corrected chi connectivity index (χ1v) is 14.9. The molecule has 3 atom stereocenters. The molecule has 0 amide bonds. The highest BCUT2D eigenvalue weighted by molar-refractivity contribution is 5.81. The third-order valence-corrected chi connectivity index (χ3v) is 7.07. The van der Waals surface area contributed by atoms with E-state index in [1.807, 2.05) is 13.8 Å². The number of aliphatic carboxylic acids is 1. The Kier molecular flexibility index (Phi) is 13.6. The van der Waals surface area contributed by atoms with Gasteiger partial charge >= 0.3 is 24.1 Å². The fourth-order valence-corrected chi connectivity index (χ4v) is 4.88. The Bertz CT molecular complexity index is 1030. The van der Waals surface area contributed by atoms with Crippen LogP contribution >= 0.6 is 0 Å². The highest BCUT2D eigenvalue weighted by Gasteiger charge is 2.45. The summed E-state index contributed by atoms with van der Waals surface area (Å²) in [5, 5.41) is 13.1. The van der Waals surface area contributed by atoms with Crippen molar-refractivity contribution >= 4 is 24.1 Å². The van der Waals surface area contributed by atoms with Crippen molar-refractivity contribution < 1.29 is 43.2 Å². The quantitative estimate of drug-likeness (QED) is 0.141. The zero-order chi connectivity index (χ0) is 30.6. The van der Waals surface area contributed by atoms with Gasteiger partial charge in [-0.05, 0) is 70.1 Å². The van der Waals surface area contributed by atoms with E-state index in [1.54, 1.807) is 33.8 Å². The summed E-state index contributed by atoms with van der Waals surface area (Å²) < 4.78 is 22.2. The van der Waals surface area contributed by atoms with Crippen molar-refractivity contribution in [1.29, 1.82) is 0 Å². The van der Waals surface area contributed by atoms with Crippen molar-refractivity contribution in [2.24, 2.45) is 11.8 Å². The van der Waals surface area contributed by atoms with E-state index in [9.17, 15) is 24.3 Å². The number of hydrogen-bond acceptors (Lipinski definition) is 9. The number of benzene rings is 1. The van der Waals surface area contributed by atoms with E-state index in [-0.39, 0.29) is 36.0 Å². The lowest BCUT2D eigenvalue weighted by atomic mass is 9.98. The fraction of sp³-hybridized carbons (Fsp3) is 0.677. The van der Waals surface area contributed by atoms with Gasteiger partial charge in [0.15, 0.2) is 11.5 Å². The normalized spacial score (nSPS) is 16.8. The van der Waals surface area contributed by atoms with Crippen molar-refractivity contribution in [3.63, 3.8) is 0 Å². The molecule has 2 unspecified atom stereocenters. The van der Waals surface area contributed by atoms with Crippen LogP contribution in [-0.4, -0.2) is 47.0 Å². The van der Waals surface area contributed by atoms with Crippen LogP contribution in [0.1, 0.15) is 105 Å². The van der Waals surface area contributed by atoms with Crippen molar-refractivity contribution in [2.45, 2.75) is 124 Å². The predicted molar refractivity (Wildman–Crippen MR) is 153 cm³/mol. The smallest absolute Gasteiger partial charge is 0.477 e. The molecule has 230 valence electrons. The lowest BCUT2D eigenvalue weighted by molar-refractivity contribution is -0.168. The summed E-state index contributed by atoms with van der Waals surface area (Å²) in [7, 11) is 0. The van der Waals surface area contributed by atoms with Crippen LogP contribution in [0.4, 0.5) is 4.79 Å². The summed E-state index contributed by atoms with van der Waals surface area (Å²) in [5.41, 5.74) is -1.79. The molecule has 10 heteroatoms. The molecule has 1 aliphatic carbocycles. The van der Waals surface area contributed by atoms with Gasteiger partial charge in [0.05, 0.1) is 11.8 Å². The first-order valence-electron chi connectivity index (χ1n) is 14.9. The lowest BCUT2D eigenvalue weighted by Crippen LogP contribution is -2.59. The Hall–Kier alpha value is -3.14. The molecule has 0 heterocycles. The van der Waals surface area contributed by atoms with Crippen molar-refractivity contribution in [2.75, 3.05) is 0 Å². The first kappa shape index (κ1) is 34.1. The van der Waals surface area contributed by atoms with Crippen LogP contribution in [0.3, 0.4) is 0 Å². The first-order chi connectivity index (χ1) is 19.4. The molecule has 1 aromatic rings. The molecular formula is C31H47NO9. The van der Waals surface area contributed by atoms with Gasteiger partial charge in [0, 0.05) is 12.5 Å². The minimum absolute atomic E-state index is 0.0129.